The van der Waals surface area contributed by atoms with Crippen molar-refractivity contribution in [2.24, 2.45) is 5.92 Å². The smallest absolute Gasteiger partial charge is 0.255 e. The first-order valence-corrected chi connectivity index (χ1v) is 9.54. The molecule has 4 rings (SSSR count). The minimum absolute atomic E-state index is 0.123. The van der Waals surface area contributed by atoms with Crippen molar-refractivity contribution in [3.05, 3.63) is 23.8 Å². The highest BCUT2D eigenvalue weighted by Crippen LogP contribution is 2.31. The summed E-state index contributed by atoms with van der Waals surface area (Å²) < 4.78 is 0. The molecular formula is C20H26N4O2. The third-order valence-corrected chi connectivity index (χ3v) is 5.62. The highest BCUT2D eigenvalue weighted by molar-refractivity contribution is 6.12. The third-order valence-electron chi connectivity index (χ3n) is 5.62. The van der Waals surface area contributed by atoms with E-state index in [9.17, 15) is 9.59 Å². The predicted molar refractivity (Wildman–Crippen MR) is 103 cm³/mol. The van der Waals surface area contributed by atoms with Crippen LogP contribution in [-0.2, 0) is 4.79 Å². The van der Waals surface area contributed by atoms with Crippen molar-refractivity contribution < 1.29 is 9.59 Å². The van der Waals surface area contributed by atoms with Crippen molar-refractivity contribution in [3.8, 4) is 0 Å². The Balaban J connectivity index is 1.59. The number of benzene rings is 1. The first-order chi connectivity index (χ1) is 12.5. The summed E-state index contributed by atoms with van der Waals surface area (Å²) in [4.78, 5) is 30.0. The molecule has 0 aliphatic heterocycles. The molecule has 4 N–H and O–H groups in total. The molecule has 2 amide bonds. The minimum Gasteiger partial charge on any atom is -0.385 e. The number of carbonyl (C=O) groups excluding carboxylic acids is 2. The number of aromatic nitrogens is 1. The number of nitrogens with two attached hydrogens (primary N) is 1. The molecule has 1 aromatic carbocycles. The van der Waals surface area contributed by atoms with Crippen LogP contribution in [0.15, 0.2) is 18.2 Å². The standard InChI is InChI=1S/C20H26N4O2/c1-24(20(26)12-5-3-2-4-6-12)14-9-10-15-16(11-14)23-18(21)17(15)19(25)22-13-7-8-13/h9-13,23H,2-8,21H2,1H3,(H,22,25). The van der Waals surface area contributed by atoms with Gasteiger partial charge in [0.25, 0.3) is 5.91 Å². The van der Waals surface area contributed by atoms with Crippen LogP contribution in [0.25, 0.3) is 10.9 Å². The first-order valence-electron chi connectivity index (χ1n) is 9.54. The fraction of sp³-hybridized carbons (Fsp3) is 0.500. The molecule has 6 nitrogen and oxygen atoms in total. The quantitative estimate of drug-likeness (QED) is 0.787. The van der Waals surface area contributed by atoms with Gasteiger partial charge in [0, 0.05) is 35.6 Å². The number of rotatable bonds is 4. The Morgan fingerprint density at radius 3 is 2.58 bits per heavy atom. The van der Waals surface area contributed by atoms with E-state index >= 15 is 0 Å². The first kappa shape index (κ1) is 16.9. The number of hydrogen-bond donors (Lipinski definition) is 3. The fourth-order valence-corrected chi connectivity index (χ4v) is 3.90. The molecule has 1 aromatic heterocycles. The molecule has 0 atom stereocenters. The average Bonchev–Trinajstić information content (AvgIpc) is 3.40. The Morgan fingerprint density at radius 1 is 1.15 bits per heavy atom. The number of H-pyrrole nitrogens is 1. The van der Waals surface area contributed by atoms with Crippen LogP contribution in [0.4, 0.5) is 11.5 Å². The van der Waals surface area contributed by atoms with Gasteiger partial charge >= 0.3 is 0 Å². The number of aromatic amines is 1. The number of hydrogen-bond acceptors (Lipinski definition) is 3. The van der Waals surface area contributed by atoms with Crippen molar-refractivity contribution in [2.45, 2.75) is 51.0 Å². The van der Waals surface area contributed by atoms with Crippen LogP contribution in [0.2, 0.25) is 0 Å². The van der Waals surface area contributed by atoms with Crippen LogP contribution in [0.5, 0.6) is 0 Å². The number of nitrogens with one attached hydrogen (secondary N) is 2. The maximum absolute atomic E-state index is 12.8. The van der Waals surface area contributed by atoms with Crippen molar-refractivity contribution in [1.82, 2.24) is 10.3 Å². The number of carbonyl (C=O) groups is 2. The number of nitrogens with zero attached hydrogens (tertiary/aromatic N) is 1. The van der Waals surface area contributed by atoms with E-state index in [0.717, 1.165) is 55.1 Å². The lowest BCUT2D eigenvalue weighted by Gasteiger charge is -2.26. The molecule has 0 radical (unpaired) electrons. The Labute approximate surface area is 153 Å². The summed E-state index contributed by atoms with van der Waals surface area (Å²) in [6.45, 7) is 0. The van der Waals surface area contributed by atoms with E-state index in [1.54, 1.807) is 4.90 Å². The molecule has 0 spiro atoms. The van der Waals surface area contributed by atoms with E-state index in [1.807, 2.05) is 25.2 Å². The molecule has 26 heavy (non-hydrogen) atoms. The Hall–Kier alpha value is -2.50. The highest BCUT2D eigenvalue weighted by Gasteiger charge is 2.27. The fourth-order valence-electron chi connectivity index (χ4n) is 3.90. The van der Waals surface area contributed by atoms with Gasteiger partial charge in [-0.2, -0.15) is 0 Å². The molecule has 0 bridgehead atoms. The third kappa shape index (κ3) is 3.16. The van der Waals surface area contributed by atoms with Gasteiger partial charge in [0.05, 0.1) is 5.56 Å². The van der Waals surface area contributed by atoms with Gasteiger partial charge in [-0.05, 0) is 43.9 Å². The number of anilines is 2. The van der Waals surface area contributed by atoms with Gasteiger partial charge in [0.15, 0.2) is 0 Å². The van der Waals surface area contributed by atoms with E-state index in [0.29, 0.717) is 11.4 Å². The van der Waals surface area contributed by atoms with Crippen LogP contribution >= 0.6 is 0 Å². The summed E-state index contributed by atoms with van der Waals surface area (Å²) in [6, 6.07) is 5.96. The van der Waals surface area contributed by atoms with E-state index in [2.05, 4.69) is 10.3 Å². The zero-order chi connectivity index (χ0) is 18.3. The lowest BCUT2D eigenvalue weighted by molar-refractivity contribution is -0.123. The molecule has 2 saturated carbocycles. The number of nitrogen functional groups attached to an aromatic ring is 1. The van der Waals surface area contributed by atoms with Gasteiger partial charge in [-0.1, -0.05) is 19.3 Å². The molecule has 2 aliphatic rings. The zero-order valence-electron chi connectivity index (χ0n) is 15.2. The van der Waals surface area contributed by atoms with Crippen molar-refractivity contribution >= 4 is 34.2 Å². The summed E-state index contributed by atoms with van der Waals surface area (Å²) in [6.07, 6.45) is 7.52. The normalized spacial score (nSPS) is 18.0. The Kier molecular flexibility index (Phi) is 4.34. The lowest BCUT2D eigenvalue weighted by Crippen LogP contribution is -2.33. The molecule has 6 heteroatoms. The monoisotopic (exact) mass is 354 g/mol. The molecule has 2 fully saturated rings. The van der Waals surface area contributed by atoms with Crippen LogP contribution in [0.1, 0.15) is 55.3 Å². The Bertz CT molecular complexity index is 847. The largest absolute Gasteiger partial charge is 0.385 e. The van der Waals surface area contributed by atoms with Crippen LogP contribution in [0, 0.1) is 5.92 Å². The molecule has 0 unspecified atom stereocenters. The summed E-state index contributed by atoms with van der Waals surface area (Å²) in [5, 5.41) is 3.78. The van der Waals surface area contributed by atoms with Gasteiger partial charge in [-0.25, -0.2) is 0 Å². The second kappa shape index (κ2) is 6.67. The van der Waals surface area contributed by atoms with Crippen LogP contribution in [0.3, 0.4) is 0 Å². The van der Waals surface area contributed by atoms with E-state index in [-0.39, 0.29) is 23.8 Å². The zero-order valence-corrected chi connectivity index (χ0v) is 15.2. The molecule has 138 valence electrons. The van der Waals surface area contributed by atoms with E-state index in [1.165, 1.54) is 6.42 Å². The van der Waals surface area contributed by atoms with E-state index in [4.69, 9.17) is 5.73 Å². The van der Waals surface area contributed by atoms with Crippen molar-refractivity contribution in [3.63, 3.8) is 0 Å². The maximum atomic E-state index is 12.8. The van der Waals surface area contributed by atoms with Crippen molar-refractivity contribution in [2.75, 3.05) is 17.7 Å². The summed E-state index contributed by atoms with van der Waals surface area (Å²) >= 11 is 0. The molecular weight excluding hydrogens is 328 g/mol. The molecule has 0 saturated heterocycles. The van der Waals surface area contributed by atoms with Crippen LogP contribution < -0.4 is 16.0 Å². The second-order valence-electron chi connectivity index (χ2n) is 7.62. The van der Waals surface area contributed by atoms with Gasteiger partial charge in [0.2, 0.25) is 5.91 Å². The van der Waals surface area contributed by atoms with Gasteiger partial charge in [-0.3, -0.25) is 9.59 Å². The maximum Gasteiger partial charge on any atom is 0.255 e. The van der Waals surface area contributed by atoms with Crippen molar-refractivity contribution in [1.29, 1.82) is 0 Å². The topological polar surface area (TPSA) is 91.2 Å². The molecule has 1 heterocycles. The van der Waals surface area contributed by atoms with Crippen LogP contribution in [-0.4, -0.2) is 29.9 Å². The molecule has 2 aromatic rings. The number of amides is 2. The summed E-state index contributed by atoms with van der Waals surface area (Å²) in [7, 11) is 1.82. The molecule has 2 aliphatic carbocycles. The van der Waals surface area contributed by atoms with E-state index < -0.39 is 0 Å². The van der Waals surface area contributed by atoms with Gasteiger partial charge in [0.1, 0.15) is 5.82 Å². The number of fused-ring (bicyclic) bond motifs is 1. The lowest BCUT2D eigenvalue weighted by atomic mass is 9.88. The van der Waals surface area contributed by atoms with Gasteiger partial charge < -0.3 is 20.9 Å². The SMILES string of the molecule is CN(C(=O)C1CCCCC1)c1ccc2c(C(=O)NC3CC3)c(N)[nH]c2c1. The minimum atomic E-state index is -0.129. The Morgan fingerprint density at radius 2 is 1.88 bits per heavy atom. The average molecular weight is 354 g/mol. The van der Waals surface area contributed by atoms with Gasteiger partial charge in [-0.15, -0.1) is 0 Å². The predicted octanol–water partition coefficient (Wildman–Crippen LogP) is 3.19. The second-order valence-corrected chi connectivity index (χ2v) is 7.62. The summed E-state index contributed by atoms with van der Waals surface area (Å²) in [5.41, 5.74) is 8.16. The highest BCUT2D eigenvalue weighted by atomic mass is 16.2. The summed E-state index contributed by atoms with van der Waals surface area (Å²) in [5.74, 6) is 0.542.